The van der Waals surface area contributed by atoms with Crippen LogP contribution in [-0.2, 0) is 6.42 Å². The van der Waals surface area contributed by atoms with Crippen LogP contribution in [0.2, 0.25) is 0 Å². The second kappa shape index (κ2) is 8.34. The molecule has 0 aliphatic heterocycles. The number of hydrogen-bond acceptors (Lipinski definition) is 0. The van der Waals surface area contributed by atoms with Gasteiger partial charge in [0.1, 0.15) is 0 Å². The number of hydrogen-bond donors (Lipinski definition) is 0. The lowest BCUT2D eigenvalue weighted by Crippen LogP contribution is -1.92. The van der Waals surface area contributed by atoms with Crippen LogP contribution in [0.1, 0.15) is 69.8 Å². The van der Waals surface area contributed by atoms with Crippen molar-refractivity contribution in [2.45, 2.75) is 70.6 Å². The lowest BCUT2D eigenvalue weighted by atomic mass is 9.98. The van der Waals surface area contributed by atoms with Crippen molar-refractivity contribution in [3.63, 3.8) is 0 Å². The van der Waals surface area contributed by atoms with E-state index in [9.17, 15) is 0 Å². The molecule has 1 aromatic rings. The molecule has 1 aliphatic rings. The molecular formula is C18H28. The molecular weight excluding hydrogens is 216 g/mol. The summed E-state index contributed by atoms with van der Waals surface area (Å²) in [7, 11) is 0. The minimum Gasteiger partial charge on any atom is -0.0622 e. The summed E-state index contributed by atoms with van der Waals surface area (Å²) >= 11 is 0. The SMILES string of the molecule is c1ccc(CCCCCCCC2CCCC2)cc1. The number of rotatable bonds is 8. The van der Waals surface area contributed by atoms with Gasteiger partial charge in [0, 0.05) is 0 Å². The normalized spacial score (nSPS) is 16.2. The number of unbranched alkanes of at least 4 members (excludes halogenated alkanes) is 4. The van der Waals surface area contributed by atoms with E-state index in [1.165, 1.54) is 76.2 Å². The molecule has 0 radical (unpaired) electrons. The van der Waals surface area contributed by atoms with E-state index < -0.39 is 0 Å². The molecule has 0 heteroatoms. The Kier molecular flexibility index (Phi) is 6.33. The molecule has 18 heavy (non-hydrogen) atoms. The Morgan fingerprint density at radius 3 is 2.22 bits per heavy atom. The second-order valence-electron chi connectivity index (χ2n) is 5.94. The van der Waals surface area contributed by atoms with Crippen LogP contribution >= 0.6 is 0 Å². The third kappa shape index (κ3) is 5.25. The van der Waals surface area contributed by atoms with Crippen LogP contribution < -0.4 is 0 Å². The molecule has 0 aromatic heterocycles. The highest BCUT2D eigenvalue weighted by Gasteiger charge is 2.13. The van der Waals surface area contributed by atoms with E-state index in [1.54, 1.807) is 0 Å². The van der Waals surface area contributed by atoms with E-state index >= 15 is 0 Å². The van der Waals surface area contributed by atoms with E-state index in [0.717, 1.165) is 5.92 Å². The van der Waals surface area contributed by atoms with Gasteiger partial charge in [-0.3, -0.25) is 0 Å². The first-order valence-corrected chi connectivity index (χ1v) is 7.99. The topological polar surface area (TPSA) is 0 Å². The fourth-order valence-corrected chi connectivity index (χ4v) is 3.24. The molecule has 0 amide bonds. The Balaban J connectivity index is 1.42. The van der Waals surface area contributed by atoms with Crippen molar-refractivity contribution in [3.05, 3.63) is 35.9 Å². The molecule has 0 spiro atoms. The van der Waals surface area contributed by atoms with Crippen LogP contribution in [0.5, 0.6) is 0 Å². The second-order valence-corrected chi connectivity index (χ2v) is 5.94. The maximum Gasteiger partial charge on any atom is -0.0279 e. The Labute approximate surface area is 113 Å². The quantitative estimate of drug-likeness (QED) is 0.510. The lowest BCUT2D eigenvalue weighted by Gasteiger charge is -2.08. The molecule has 2 rings (SSSR count). The van der Waals surface area contributed by atoms with Crippen LogP contribution in [0, 0.1) is 5.92 Å². The highest BCUT2D eigenvalue weighted by molar-refractivity contribution is 5.14. The lowest BCUT2D eigenvalue weighted by molar-refractivity contribution is 0.463. The molecule has 0 bridgehead atoms. The van der Waals surface area contributed by atoms with Gasteiger partial charge in [-0.1, -0.05) is 88.1 Å². The molecule has 1 saturated carbocycles. The predicted molar refractivity (Wildman–Crippen MR) is 79.8 cm³/mol. The van der Waals surface area contributed by atoms with Crippen molar-refractivity contribution < 1.29 is 0 Å². The van der Waals surface area contributed by atoms with E-state index in [2.05, 4.69) is 30.3 Å². The highest BCUT2D eigenvalue weighted by atomic mass is 14.2. The minimum absolute atomic E-state index is 1.09. The fraction of sp³-hybridized carbons (Fsp3) is 0.667. The summed E-state index contributed by atoms with van der Waals surface area (Å²) in [4.78, 5) is 0. The number of aryl methyl sites for hydroxylation is 1. The van der Waals surface area contributed by atoms with Crippen molar-refractivity contribution in [1.29, 1.82) is 0 Å². The summed E-state index contributed by atoms with van der Waals surface area (Å²) < 4.78 is 0. The van der Waals surface area contributed by atoms with E-state index in [0.29, 0.717) is 0 Å². The first kappa shape index (κ1) is 13.6. The van der Waals surface area contributed by atoms with Crippen LogP contribution in [0.15, 0.2) is 30.3 Å². The zero-order valence-electron chi connectivity index (χ0n) is 11.7. The Hall–Kier alpha value is -0.780. The van der Waals surface area contributed by atoms with Crippen LogP contribution in [0.4, 0.5) is 0 Å². The van der Waals surface area contributed by atoms with E-state index in [-0.39, 0.29) is 0 Å². The Morgan fingerprint density at radius 1 is 0.778 bits per heavy atom. The maximum atomic E-state index is 2.25. The molecule has 1 aliphatic carbocycles. The summed E-state index contributed by atoms with van der Waals surface area (Å²) in [6.45, 7) is 0. The van der Waals surface area contributed by atoms with Crippen LogP contribution in [-0.4, -0.2) is 0 Å². The van der Waals surface area contributed by atoms with Gasteiger partial charge in [0.05, 0.1) is 0 Å². The first-order chi connectivity index (χ1) is 8.95. The molecule has 0 saturated heterocycles. The maximum absolute atomic E-state index is 2.25. The Morgan fingerprint density at radius 2 is 1.44 bits per heavy atom. The van der Waals surface area contributed by atoms with Gasteiger partial charge in [0.2, 0.25) is 0 Å². The zero-order valence-corrected chi connectivity index (χ0v) is 11.7. The predicted octanol–water partition coefficient (Wildman–Crippen LogP) is 5.76. The van der Waals surface area contributed by atoms with Gasteiger partial charge in [-0.2, -0.15) is 0 Å². The van der Waals surface area contributed by atoms with Gasteiger partial charge in [-0.05, 0) is 24.3 Å². The average Bonchev–Trinajstić information content (AvgIpc) is 2.92. The molecule has 0 unspecified atom stereocenters. The summed E-state index contributed by atoms with van der Waals surface area (Å²) in [5, 5.41) is 0. The van der Waals surface area contributed by atoms with Crippen LogP contribution in [0.25, 0.3) is 0 Å². The average molecular weight is 244 g/mol. The van der Waals surface area contributed by atoms with Gasteiger partial charge < -0.3 is 0 Å². The third-order valence-corrected chi connectivity index (χ3v) is 4.40. The van der Waals surface area contributed by atoms with Crippen molar-refractivity contribution in [2.24, 2.45) is 5.92 Å². The van der Waals surface area contributed by atoms with Gasteiger partial charge in [-0.25, -0.2) is 0 Å². The molecule has 0 nitrogen and oxygen atoms in total. The molecule has 1 aromatic carbocycles. The summed E-state index contributed by atoms with van der Waals surface area (Å²) in [5.74, 6) is 1.09. The van der Waals surface area contributed by atoms with Crippen LogP contribution in [0.3, 0.4) is 0 Å². The Bertz CT molecular complexity index is 295. The monoisotopic (exact) mass is 244 g/mol. The zero-order chi connectivity index (χ0) is 12.5. The van der Waals surface area contributed by atoms with Crippen molar-refractivity contribution in [2.75, 3.05) is 0 Å². The summed E-state index contributed by atoms with van der Waals surface area (Å²) in [6.07, 6.45) is 16.0. The molecule has 0 atom stereocenters. The largest absolute Gasteiger partial charge is 0.0622 e. The fourth-order valence-electron chi connectivity index (χ4n) is 3.24. The van der Waals surface area contributed by atoms with Gasteiger partial charge >= 0.3 is 0 Å². The van der Waals surface area contributed by atoms with E-state index in [4.69, 9.17) is 0 Å². The number of benzene rings is 1. The minimum atomic E-state index is 1.09. The standard InChI is InChI=1S/C18H28/c1(3-6-12-18-15-9-10-16-18)2-5-11-17-13-7-4-8-14-17/h4,7-8,13-14,18H,1-3,5-6,9-12,15-16H2. The van der Waals surface area contributed by atoms with Gasteiger partial charge in [0.25, 0.3) is 0 Å². The smallest absolute Gasteiger partial charge is 0.0279 e. The molecule has 1 fully saturated rings. The molecule has 100 valence electrons. The van der Waals surface area contributed by atoms with Crippen molar-refractivity contribution in [1.82, 2.24) is 0 Å². The first-order valence-electron chi connectivity index (χ1n) is 7.99. The van der Waals surface area contributed by atoms with Crippen molar-refractivity contribution >= 4 is 0 Å². The third-order valence-electron chi connectivity index (χ3n) is 4.40. The van der Waals surface area contributed by atoms with Crippen molar-refractivity contribution in [3.8, 4) is 0 Å². The molecule has 0 heterocycles. The van der Waals surface area contributed by atoms with E-state index in [1.807, 2.05) is 0 Å². The highest BCUT2D eigenvalue weighted by Crippen LogP contribution is 2.29. The molecule has 0 N–H and O–H groups in total. The summed E-state index contributed by atoms with van der Waals surface area (Å²) in [5.41, 5.74) is 1.50. The van der Waals surface area contributed by atoms with Gasteiger partial charge in [-0.15, -0.1) is 0 Å². The summed E-state index contributed by atoms with van der Waals surface area (Å²) in [6, 6.07) is 10.9. The van der Waals surface area contributed by atoms with Gasteiger partial charge in [0.15, 0.2) is 0 Å².